The minimum Gasteiger partial charge on any atom is -0.465 e. The molecule has 2 aliphatic rings. The van der Waals surface area contributed by atoms with Gasteiger partial charge in [0.05, 0.1) is 22.5 Å². The molecule has 2 amide bonds. The predicted molar refractivity (Wildman–Crippen MR) is 124 cm³/mol. The summed E-state index contributed by atoms with van der Waals surface area (Å²) in [4.78, 5) is 34.1. The van der Waals surface area contributed by atoms with E-state index in [2.05, 4.69) is 32.4 Å². The van der Waals surface area contributed by atoms with E-state index in [9.17, 15) is 14.7 Å². The fourth-order valence-corrected chi connectivity index (χ4v) is 4.34. The predicted octanol–water partition coefficient (Wildman–Crippen LogP) is 2.25. The number of carbonyl (C=O) groups is 2. The lowest BCUT2D eigenvalue weighted by atomic mass is 10.1. The average Bonchev–Trinajstić information content (AvgIpc) is 3.39. The van der Waals surface area contributed by atoms with Gasteiger partial charge in [-0.15, -0.1) is 0 Å². The highest BCUT2D eigenvalue weighted by atomic mass is 16.4. The number of benzene rings is 1. The molecule has 0 fully saturated rings. The highest BCUT2D eigenvalue weighted by Gasteiger charge is 2.25. The molecule has 9 heteroatoms. The number of fused-ring (bicyclic) bond motifs is 2. The maximum atomic E-state index is 12.3. The van der Waals surface area contributed by atoms with E-state index in [1.165, 1.54) is 4.90 Å². The molecule has 5 rings (SSSR count). The molecule has 0 aliphatic carbocycles. The van der Waals surface area contributed by atoms with Crippen LogP contribution in [0.2, 0.25) is 0 Å². The zero-order chi connectivity index (χ0) is 23.1. The molecule has 0 unspecified atom stereocenters. The zero-order valence-corrected chi connectivity index (χ0v) is 18.3. The molecule has 1 aromatic carbocycles. The van der Waals surface area contributed by atoms with Crippen LogP contribution < -0.4 is 15.5 Å². The third kappa shape index (κ3) is 3.55. The van der Waals surface area contributed by atoms with Crippen molar-refractivity contribution in [3.8, 4) is 23.2 Å². The minimum atomic E-state index is -0.964. The number of anilines is 2. The van der Waals surface area contributed by atoms with Gasteiger partial charge in [0.15, 0.2) is 0 Å². The molecule has 3 aromatic rings. The van der Waals surface area contributed by atoms with Crippen molar-refractivity contribution in [2.75, 3.05) is 30.4 Å². The van der Waals surface area contributed by atoms with Gasteiger partial charge in [0.1, 0.15) is 5.69 Å². The van der Waals surface area contributed by atoms with Crippen molar-refractivity contribution in [3.63, 3.8) is 0 Å². The van der Waals surface area contributed by atoms with E-state index >= 15 is 0 Å². The van der Waals surface area contributed by atoms with Crippen molar-refractivity contribution < 1.29 is 14.7 Å². The fourth-order valence-electron chi connectivity index (χ4n) is 4.34. The Morgan fingerprint density at radius 2 is 2.09 bits per heavy atom. The van der Waals surface area contributed by atoms with Gasteiger partial charge < -0.3 is 20.3 Å². The van der Waals surface area contributed by atoms with Crippen LogP contribution in [0.1, 0.15) is 32.7 Å². The molecule has 166 valence electrons. The summed E-state index contributed by atoms with van der Waals surface area (Å²) in [5.41, 5.74) is 6.01. The van der Waals surface area contributed by atoms with Crippen LogP contribution >= 0.6 is 0 Å². The second kappa shape index (κ2) is 7.98. The number of hydrogen-bond acceptors (Lipinski definition) is 5. The molecule has 0 saturated heterocycles. The van der Waals surface area contributed by atoms with Crippen molar-refractivity contribution in [3.05, 3.63) is 58.4 Å². The molecule has 2 aromatic heterocycles. The summed E-state index contributed by atoms with van der Waals surface area (Å²) in [6, 6.07) is 7.47. The summed E-state index contributed by atoms with van der Waals surface area (Å²) in [6.45, 7) is 1.06. The van der Waals surface area contributed by atoms with E-state index in [4.69, 9.17) is 0 Å². The highest BCUT2D eigenvalue weighted by molar-refractivity contribution is 5.98. The highest BCUT2D eigenvalue weighted by Crippen LogP contribution is 2.30. The van der Waals surface area contributed by atoms with Crippen LogP contribution in [0.15, 0.2) is 30.5 Å². The first kappa shape index (κ1) is 20.6. The molecule has 33 heavy (non-hydrogen) atoms. The van der Waals surface area contributed by atoms with Crippen molar-refractivity contribution in [2.45, 2.75) is 12.8 Å². The molecular weight excluding hydrogens is 420 g/mol. The molecule has 0 radical (unpaired) electrons. The quantitative estimate of drug-likeness (QED) is 0.525. The fraction of sp³-hybridized carbons (Fsp3) is 0.250. The molecule has 4 heterocycles. The summed E-state index contributed by atoms with van der Waals surface area (Å²) in [7, 11) is 3.67. The summed E-state index contributed by atoms with van der Waals surface area (Å²) in [5.74, 6) is 6.64. The average molecular weight is 442 g/mol. The number of nitrogens with zero attached hydrogens (tertiary/aromatic N) is 4. The van der Waals surface area contributed by atoms with Gasteiger partial charge in [-0.3, -0.25) is 9.69 Å². The van der Waals surface area contributed by atoms with E-state index in [1.54, 1.807) is 19.3 Å². The molecule has 0 saturated carbocycles. The topological polar surface area (TPSA) is 112 Å². The lowest BCUT2D eigenvalue weighted by Gasteiger charge is -2.14. The molecule has 2 aliphatic heterocycles. The van der Waals surface area contributed by atoms with Gasteiger partial charge in [0.2, 0.25) is 5.95 Å². The number of hydrogen-bond donors (Lipinski definition) is 3. The van der Waals surface area contributed by atoms with E-state index in [0.717, 1.165) is 23.4 Å². The Bertz CT molecular complexity index is 1360. The third-order valence-electron chi connectivity index (χ3n) is 6.06. The Hall–Kier alpha value is -4.32. The van der Waals surface area contributed by atoms with Gasteiger partial charge in [-0.25, -0.2) is 14.8 Å². The van der Waals surface area contributed by atoms with E-state index in [-0.39, 0.29) is 5.91 Å². The summed E-state index contributed by atoms with van der Waals surface area (Å²) < 4.78 is 1.99. The van der Waals surface area contributed by atoms with Crippen LogP contribution in [-0.4, -0.2) is 51.8 Å². The first-order chi connectivity index (χ1) is 16.0. The summed E-state index contributed by atoms with van der Waals surface area (Å²) >= 11 is 0. The number of carbonyl (C=O) groups excluding carboxylic acids is 1. The van der Waals surface area contributed by atoms with Gasteiger partial charge in [-0.05, 0) is 30.2 Å². The number of rotatable bonds is 2. The van der Waals surface area contributed by atoms with E-state index < -0.39 is 6.09 Å². The molecule has 3 N–H and O–H groups in total. The van der Waals surface area contributed by atoms with Crippen LogP contribution in [-0.2, 0) is 19.9 Å². The smallest absolute Gasteiger partial charge is 0.411 e. The molecule has 0 spiro atoms. The Labute approximate surface area is 190 Å². The van der Waals surface area contributed by atoms with Crippen LogP contribution in [0.3, 0.4) is 0 Å². The Morgan fingerprint density at radius 1 is 1.24 bits per heavy atom. The second-order valence-corrected chi connectivity index (χ2v) is 7.94. The lowest BCUT2D eigenvalue weighted by Crippen LogP contribution is -2.31. The van der Waals surface area contributed by atoms with E-state index in [1.807, 2.05) is 29.8 Å². The second-order valence-electron chi connectivity index (χ2n) is 7.94. The van der Waals surface area contributed by atoms with Gasteiger partial charge in [0, 0.05) is 51.1 Å². The Morgan fingerprint density at radius 3 is 2.85 bits per heavy atom. The van der Waals surface area contributed by atoms with Gasteiger partial charge in [0.25, 0.3) is 5.91 Å². The largest absolute Gasteiger partial charge is 0.465 e. The number of amides is 2. The summed E-state index contributed by atoms with van der Waals surface area (Å²) in [5, 5.41) is 15.2. The normalized spacial score (nSPS) is 14.1. The minimum absolute atomic E-state index is 0.0882. The standard InChI is InChI=1S/C24H22N6O3/c1-25-23-27-13-16(6-4-14-3-5-15-8-10-30(24(32)33)19(15)11-14)21(28-23)20-12-17-18(29(20)2)7-9-26-22(17)31/h3,5,11-13H,7-10H2,1-2H3,(H,26,31)(H,32,33)(H,25,27,28). The first-order valence-electron chi connectivity index (χ1n) is 10.6. The molecule has 0 atom stereocenters. The lowest BCUT2D eigenvalue weighted by molar-refractivity contribution is 0.0945. The SMILES string of the molecule is CNc1ncc(C#Cc2ccc3c(c2)N(C(=O)O)CC3)c(-c2cc3c(n2C)CCNC3=O)n1. The number of nitrogens with one attached hydrogen (secondary N) is 2. The first-order valence-corrected chi connectivity index (χ1v) is 10.6. The maximum Gasteiger partial charge on any atom is 0.411 e. The van der Waals surface area contributed by atoms with Crippen LogP contribution in [0, 0.1) is 11.8 Å². The Balaban J connectivity index is 1.58. The Kier molecular flexibility index (Phi) is 4.98. The van der Waals surface area contributed by atoms with Gasteiger partial charge in [-0.2, -0.15) is 0 Å². The molecule has 0 bridgehead atoms. The third-order valence-corrected chi connectivity index (χ3v) is 6.06. The van der Waals surface area contributed by atoms with Crippen molar-refractivity contribution in [2.24, 2.45) is 7.05 Å². The monoisotopic (exact) mass is 442 g/mol. The van der Waals surface area contributed by atoms with Crippen LogP contribution in [0.25, 0.3) is 11.4 Å². The van der Waals surface area contributed by atoms with Crippen LogP contribution in [0.5, 0.6) is 0 Å². The summed E-state index contributed by atoms with van der Waals surface area (Å²) in [6.07, 6.45) is 2.14. The van der Waals surface area contributed by atoms with Crippen LogP contribution in [0.4, 0.5) is 16.4 Å². The number of carboxylic acid groups (broad SMARTS) is 1. The van der Waals surface area contributed by atoms with Crippen molar-refractivity contribution in [1.29, 1.82) is 0 Å². The van der Waals surface area contributed by atoms with Crippen molar-refractivity contribution in [1.82, 2.24) is 19.9 Å². The van der Waals surface area contributed by atoms with Crippen molar-refractivity contribution >= 4 is 23.6 Å². The zero-order valence-electron chi connectivity index (χ0n) is 18.3. The molecule has 9 nitrogen and oxygen atoms in total. The molecular formula is C24H22N6O3. The number of aromatic nitrogens is 3. The maximum absolute atomic E-state index is 12.3. The van der Waals surface area contributed by atoms with E-state index in [0.29, 0.717) is 53.5 Å². The van der Waals surface area contributed by atoms with Gasteiger partial charge >= 0.3 is 6.09 Å². The van der Waals surface area contributed by atoms with Gasteiger partial charge in [-0.1, -0.05) is 17.9 Å².